The third-order valence-corrected chi connectivity index (χ3v) is 4.49. The minimum Gasteiger partial charge on any atom is -0.347 e. The Bertz CT molecular complexity index is 1060. The molecule has 3 aromatic heterocycles. The summed E-state index contributed by atoms with van der Waals surface area (Å²) in [6.07, 6.45) is 8.57. The van der Waals surface area contributed by atoms with E-state index in [2.05, 4.69) is 40.2 Å². The third-order valence-electron chi connectivity index (χ3n) is 4.49. The number of rotatable bonds is 5. The van der Waals surface area contributed by atoms with E-state index in [1.54, 1.807) is 10.9 Å². The van der Waals surface area contributed by atoms with Crippen molar-refractivity contribution in [3.8, 4) is 5.82 Å². The molecule has 0 spiro atoms. The molecule has 0 bridgehead atoms. The van der Waals surface area contributed by atoms with Gasteiger partial charge in [0.15, 0.2) is 0 Å². The summed E-state index contributed by atoms with van der Waals surface area (Å²) in [4.78, 5) is 12.8. The minimum atomic E-state index is -0.172. The lowest BCUT2D eigenvalue weighted by Gasteiger charge is -2.09. The van der Waals surface area contributed by atoms with Gasteiger partial charge < -0.3 is 14.5 Å². The molecule has 0 radical (unpaired) electrons. The summed E-state index contributed by atoms with van der Waals surface area (Å²) in [6.45, 7) is 3.15. The fourth-order valence-corrected chi connectivity index (χ4v) is 3.29. The van der Waals surface area contributed by atoms with Crippen LogP contribution >= 0.6 is 0 Å². The molecule has 4 aromatic rings. The van der Waals surface area contributed by atoms with Crippen LogP contribution in [-0.4, -0.2) is 24.8 Å². The summed E-state index contributed by atoms with van der Waals surface area (Å²) in [5, 5.41) is 8.35. The second-order valence-electron chi connectivity index (χ2n) is 6.33. The number of nitrogens with zero attached hydrogens (tertiary/aromatic N) is 4. The van der Waals surface area contributed by atoms with Crippen molar-refractivity contribution in [1.29, 1.82) is 0 Å². The van der Waals surface area contributed by atoms with Gasteiger partial charge >= 0.3 is 0 Å². The van der Waals surface area contributed by atoms with Gasteiger partial charge in [0, 0.05) is 48.8 Å². The lowest BCUT2D eigenvalue weighted by molar-refractivity contribution is 0.102. The van der Waals surface area contributed by atoms with Crippen LogP contribution in [0.2, 0.25) is 0 Å². The molecule has 0 fully saturated rings. The maximum absolute atomic E-state index is 12.8. The topological polar surface area (TPSA) is 56.8 Å². The van der Waals surface area contributed by atoms with Gasteiger partial charge in [0.2, 0.25) is 0 Å². The van der Waals surface area contributed by atoms with Crippen LogP contribution in [0, 0.1) is 0 Å². The normalized spacial score (nSPS) is 11.2. The molecule has 6 nitrogen and oxygen atoms in total. The van der Waals surface area contributed by atoms with E-state index in [1.807, 2.05) is 48.3 Å². The monoisotopic (exact) mass is 347 g/mol. The van der Waals surface area contributed by atoms with Crippen LogP contribution in [0.25, 0.3) is 16.7 Å². The zero-order chi connectivity index (χ0) is 18.1. The van der Waals surface area contributed by atoms with Crippen LogP contribution in [-0.2, 0) is 13.6 Å². The van der Waals surface area contributed by atoms with Crippen LogP contribution < -0.4 is 5.32 Å². The van der Waals surface area contributed by atoms with E-state index < -0.39 is 0 Å². The Morgan fingerprint density at radius 1 is 1.15 bits per heavy atom. The molecule has 6 heteroatoms. The van der Waals surface area contributed by atoms with E-state index in [-0.39, 0.29) is 5.91 Å². The van der Waals surface area contributed by atoms with Crippen molar-refractivity contribution >= 4 is 22.5 Å². The summed E-state index contributed by atoms with van der Waals surface area (Å²) in [5.41, 5.74) is 2.49. The van der Waals surface area contributed by atoms with Crippen LogP contribution in [0.5, 0.6) is 0 Å². The first-order chi connectivity index (χ1) is 12.7. The highest BCUT2D eigenvalue weighted by atomic mass is 16.1. The van der Waals surface area contributed by atoms with Crippen LogP contribution in [0.1, 0.15) is 23.7 Å². The van der Waals surface area contributed by atoms with Crippen LogP contribution in [0.15, 0.2) is 61.2 Å². The van der Waals surface area contributed by atoms with Gasteiger partial charge in [0.25, 0.3) is 5.91 Å². The van der Waals surface area contributed by atoms with Crippen molar-refractivity contribution in [3.05, 3.63) is 66.7 Å². The average Bonchev–Trinajstić information content (AvgIpc) is 3.35. The number of hydrogen-bond acceptors (Lipinski definition) is 2. The standard InChI is InChI=1S/C20H21N5O/c1-3-9-24-12-8-15-13-16(6-7-18(15)24)22-19(26)17-14-21-23(2)20(17)25-10-4-5-11-25/h4-8,10-14H,3,9H2,1-2H3,(H,22,26). The Labute approximate surface area is 151 Å². The van der Waals surface area contributed by atoms with E-state index in [9.17, 15) is 4.79 Å². The second kappa shape index (κ2) is 6.55. The Morgan fingerprint density at radius 3 is 2.73 bits per heavy atom. The fraction of sp³-hybridized carbons (Fsp3) is 0.200. The number of aryl methyl sites for hydroxylation is 2. The molecule has 1 amide bonds. The molecule has 3 heterocycles. The molecule has 26 heavy (non-hydrogen) atoms. The second-order valence-corrected chi connectivity index (χ2v) is 6.33. The van der Waals surface area contributed by atoms with Crippen molar-refractivity contribution in [1.82, 2.24) is 18.9 Å². The molecule has 4 rings (SSSR count). The largest absolute Gasteiger partial charge is 0.347 e. The quantitative estimate of drug-likeness (QED) is 0.596. The first-order valence-electron chi connectivity index (χ1n) is 8.73. The van der Waals surface area contributed by atoms with Crippen molar-refractivity contribution in [2.75, 3.05) is 5.32 Å². The summed E-state index contributed by atoms with van der Waals surface area (Å²) in [6, 6.07) is 11.9. The van der Waals surface area contributed by atoms with Gasteiger partial charge in [-0.2, -0.15) is 5.10 Å². The third kappa shape index (κ3) is 2.79. The predicted molar refractivity (Wildman–Crippen MR) is 103 cm³/mol. The van der Waals surface area contributed by atoms with Crippen LogP contribution in [0.3, 0.4) is 0 Å². The molecule has 132 valence electrons. The zero-order valence-corrected chi connectivity index (χ0v) is 14.9. The number of carbonyl (C=O) groups excluding carboxylic acids is 1. The van der Waals surface area contributed by atoms with Crippen molar-refractivity contribution in [3.63, 3.8) is 0 Å². The predicted octanol–water partition coefficient (Wildman–Crippen LogP) is 3.83. The Kier molecular flexibility index (Phi) is 4.08. The molecule has 0 aliphatic rings. The van der Waals surface area contributed by atoms with Crippen molar-refractivity contribution in [2.45, 2.75) is 19.9 Å². The summed E-state index contributed by atoms with van der Waals surface area (Å²) < 4.78 is 5.81. The number of fused-ring (bicyclic) bond motifs is 1. The number of nitrogens with one attached hydrogen (secondary N) is 1. The van der Waals surface area contributed by atoms with Gasteiger partial charge in [-0.25, -0.2) is 0 Å². The molecule has 0 atom stereocenters. The van der Waals surface area contributed by atoms with E-state index in [1.165, 1.54) is 5.52 Å². The van der Waals surface area contributed by atoms with Crippen LogP contribution in [0.4, 0.5) is 5.69 Å². The number of aromatic nitrogens is 4. The average molecular weight is 347 g/mol. The summed E-state index contributed by atoms with van der Waals surface area (Å²) >= 11 is 0. The first kappa shape index (κ1) is 16.2. The number of benzene rings is 1. The van der Waals surface area contributed by atoms with E-state index in [0.29, 0.717) is 5.56 Å². The summed E-state index contributed by atoms with van der Waals surface area (Å²) in [7, 11) is 1.83. The van der Waals surface area contributed by atoms with E-state index >= 15 is 0 Å². The molecule has 1 N–H and O–H groups in total. The fourth-order valence-electron chi connectivity index (χ4n) is 3.29. The minimum absolute atomic E-state index is 0.172. The van der Waals surface area contributed by atoms with Gasteiger partial charge in [-0.05, 0) is 42.8 Å². The Morgan fingerprint density at radius 2 is 1.96 bits per heavy atom. The van der Waals surface area contributed by atoms with E-state index in [4.69, 9.17) is 0 Å². The number of hydrogen-bond donors (Lipinski definition) is 1. The molecule has 0 aliphatic heterocycles. The lowest BCUT2D eigenvalue weighted by Crippen LogP contribution is -2.15. The molecular weight excluding hydrogens is 326 g/mol. The zero-order valence-electron chi connectivity index (χ0n) is 14.9. The molecule has 0 saturated carbocycles. The highest BCUT2D eigenvalue weighted by Gasteiger charge is 2.17. The Hall–Kier alpha value is -3.28. The van der Waals surface area contributed by atoms with Gasteiger partial charge in [-0.3, -0.25) is 9.48 Å². The molecule has 0 aliphatic carbocycles. The van der Waals surface area contributed by atoms with Gasteiger partial charge in [-0.15, -0.1) is 0 Å². The first-order valence-corrected chi connectivity index (χ1v) is 8.73. The lowest BCUT2D eigenvalue weighted by atomic mass is 10.2. The van der Waals surface area contributed by atoms with Gasteiger partial charge in [0.05, 0.1) is 6.20 Å². The number of anilines is 1. The highest BCUT2D eigenvalue weighted by Crippen LogP contribution is 2.22. The van der Waals surface area contributed by atoms with Crippen molar-refractivity contribution in [2.24, 2.45) is 7.05 Å². The highest BCUT2D eigenvalue weighted by molar-refractivity contribution is 6.07. The smallest absolute Gasteiger partial charge is 0.261 e. The van der Waals surface area contributed by atoms with Crippen molar-refractivity contribution < 1.29 is 4.79 Å². The summed E-state index contributed by atoms with van der Waals surface area (Å²) in [5.74, 6) is 0.566. The van der Waals surface area contributed by atoms with Gasteiger partial charge in [-0.1, -0.05) is 6.92 Å². The van der Waals surface area contributed by atoms with Gasteiger partial charge in [0.1, 0.15) is 11.4 Å². The maximum atomic E-state index is 12.8. The maximum Gasteiger partial charge on any atom is 0.261 e. The molecule has 0 unspecified atom stereocenters. The molecule has 0 saturated heterocycles. The number of amides is 1. The SMILES string of the molecule is CCCn1ccc2cc(NC(=O)c3cnn(C)c3-n3cccc3)ccc21. The Balaban J connectivity index is 1.62. The molecule has 1 aromatic carbocycles. The van der Waals surface area contributed by atoms with E-state index in [0.717, 1.165) is 29.9 Å². The number of carbonyl (C=O) groups is 1. The molecular formula is C20H21N5O.